The summed E-state index contributed by atoms with van der Waals surface area (Å²) in [5.74, 6) is 0.220. The molecule has 2 saturated heterocycles. The van der Waals surface area contributed by atoms with Crippen LogP contribution in [0.1, 0.15) is 12.5 Å². The molecule has 0 aliphatic carbocycles. The van der Waals surface area contributed by atoms with Crippen molar-refractivity contribution in [1.82, 2.24) is 0 Å². The lowest BCUT2D eigenvalue weighted by molar-refractivity contribution is -0.268. The summed E-state index contributed by atoms with van der Waals surface area (Å²) < 4.78 is 51.3. The number of hydrogen-bond donors (Lipinski definition) is 8. The maximum atomic E-state index is 11.0. The van der Waals surface area contributed by atoms with Gasteiger partial charge in [0.15, 0.2) is 0 Å². The molecule has 2 fully saturated rings. The quantitative estimate of drug-likeness (QED) is 0.0675. The molecule has 2 aliphatic heterocycles. The fourth-order valence-corrected chi connectivity index (χ4v) is 4.92. The number of rotatable bonds is 8. The van der Waals surface area contributed by atoms with Crippen molar-refractivity contribution in [2.75, 3.05) is 6.61 Å². The standard InChI is InChI=1S/C20H29NO14S2/c1-8-13(23)15(25)17(27)19(32-8)33-10-4-2-9(3-5-10)6-12(21-35-37(29,30)31)36-20-18(28)16(26)14(24)11(7-22)34-20/h2-5,8,11,13-20,22-28H,6-7H2,1H3,(H,29,30,31)/b21-12-. The van der Waals surface area contributed by atoms with Crippen molar-refractivity contribution < 1.29 is 67.2 Å². The van der Waals surface area contributed by atoms with E-state index in [4.69, 9.17) is 18.8 Å². The second-order valence-electron chi connectivity index (χ2n) is 8.42. The number of aliphatic hydroxyl groups excluding tert-OH is 7. The third-order valence-corrected chi connectivity index (χ3v) is 7.05. The van der Waals surface area contributed by atoms with Gasteiger partial charge in [0.2, 0.25) is 6.29 Å². The van der Waals surface area contributed by atoms with Crippen LogP contribution in [0, 0.1) is 0 Å². The molecule has 0 saturated carbocycles. The van der Waals surface area contributed by atoms with Crippen molar-refractivity contribution in [3.05, 3.63) is 29.8 Å². The Labute approximate surface area is 215 Å². The Kier molecular flexibility index (Phi) is 10.1. The lowest BCUT2D eigenvalue weighted by atomic mass is 10.00. The lowest BCUT2D eigenvalue weighted by Crippen LogP contribution is -2.58. The molecule has 0 bridgehead atoms. The van der Waals surface area contributed by atoms with Crippen molar-refractivity contribution in [1.29, 1.82) is 0 Å². The Morgan fingerprint density at radius 2 is 1.57 bits per heavy atom. The topological polar surface area (TPSA) is 245 Å². The summed E-state index contributed by atoms with van der Waals surface area (Å²) in [4.78, 5) is 0. The highest BCUT2D eigenvalue weighted by molar-refractivity contribution is 8.14. The van der Waals surface area contributed by atoms with E-state index >= 15 is 0 Å². The van der Waals surface area contributed by atoms with Gasteiger partial charge in [-0.15, -0.1) is 0 Å². The highest BCUT2D eigenvalue weighted by Crippen LogP contribution is 2.31. The minimum Gasteiger partial charge on any atom is -0.462 e. The molecular weight excluding hydrogens is 542 g/mol. The SMILES string of the molecule is CC1OC(Oc2ccc(C/C(=N/OS(=O)(=O)O)SC3OC(CO)C(O)C(O)C3O)cc2)C(O)C(O)C1O. The smallest absolute Gasteiger partial charge is 0.462 e. The summed E-state index contributed by atoms with van der Waals surface area (Å²) in [6, 6.07) is 5.98. The molecule has 1 aromatic carbocycles. The van der Waals surface area contributed by atoms with E-state index in [1.54, 1.807) is 0 Å². The molecule has 210 valence electrons. The van der Waals surface area contributed by atoms with E-state index in [1.165, 1.54) is 31.2 Å². The molecule has 17 heteroatoms. The van der Waals surface area contributed by atoms with Gasteiger partial charge in [-0.3, -0.25) is 4.55 Å². The van der Waals surface area contributed by atoms with Crippen LogP contribution in [0.5, 0.6) is 5.75 Å². The van der Waals surface area contributed by atoms with Crippen LogP contribution < -0.4 is 4.74 Å². The molecule has 10 atom stereocenters. The first kappa shape index (κ1) is 29.9. The largest absolute Gasteiger partial charge is 0.466 e. The van der Waals surface area contributed by atoms with Gasteiger partial charge in [0.25, 0.3) is 0 Å². The van der Waals surface area contributed by atoms with Gasteiger partial charge in [0.05, 0.1) is 12.7 Å². The first-order chi connectivity index (χ1) is 17.3. The number of thioether (sulfide) groups is 1. The monoisotopic (exact) mass is 571 g/mol. The summed E-state index contributed by atoms with van der Waals surface area (Å²) in [5, 5.41) is 72.5. The normalized spacial score (nSPS) is 37.3. The van der Waals surface area contributed by atoms with E-state index in [2.05, 4.69) is 9.44 Å². The van der Waals surface area contributed by atoms with Gasteiger partial charge in [-0.2, -0.15) is 8.42 Å². The maximum absolute atomic E-state index is 11.0. The molecule has 1 aromatic rings. The molecule has 15 nitrogen and oxygen atoms in total. The number of ether oxygens (including phenoxy) is 3. The van der Waals surface area contributed by atoms with Crippen LogP contribution in [0.25, 0.3) is 0 Å². The van der Waals surface area contributed by atoms with Gasteiger partial charge < -0.3 is 50.0 Å². The summed E-state index contributed by atoms with van der Waals surface area (Å²) in [6.07, 6.45) is -12.6. The number of aliphatic hydroxyl groups is 7. The van der Waals surface area contributed by atoms with Crippen LogP contribution in [0.4, 0.5) is 0 Å². The first-order valence-electron chi connectivity index (χ1n) is 11.0. The predicted molar refractivity (Wildman–Crippen MR) is 125 cm³/mol. The summed E-state index contributed by atoms with van der Waals surface area (Å²) >= 11 is 0.627. The molecule has 0 radical (unpaired) electrons. The minimum atomic E-state index is -4.97. The average Bonchev–Trinajstić information content (AvgIpc) is 2.85. The molecule has 0 aromatic heterocycles. The van der Waals surface area contributed by atoms with E-state index in [0.717, 1.165) is 0 Å². The van der Waals surface area contributed by atoms with Crippen molar-refractivity contribution in [3.8, 4) is 5.75 Å². The third kappa shape index (κ3) is 7.71. The van der Waals surface area contributed by atoms with Gasteiger partial charge in [-0.05, 0) is 24.6 Å². The van der Waals surface area contributed by atoms with Crippen LogP contribution in [0.2, 0.25) is 0 Å². The zero-order chi connectivity index (χ0) is 27.5. The fourth-order valence-electron chi connectivity index (χ4n) is 3.59. The van der Waals surface area contributed by atoms with Crippen molar-refractivity contribution >= 4 is 27.2 Å². The molecular formula is C20H29NO14S2. The second-order valence-corrected chi connectivity index (χ2v) is 10.6. The summed E-state index contributed by atoms with van der Waals surface area (Å²) in [7, 11) is -4.97. The van der Waals surface area contributed by atoms with Crippen LogP contribution in [0.15, 0.2) is 29.4 Å². The van der Waals surface area contributed by atoms with Crippen LogP contribution in [-0.2, 0) is 30.6 Å². The van der Waals surface area contributed by atoms with Crippen LogP contribution >= 0.6 is 11.8 Å². The lowest BCUT2D eigenvalue weighted by Gasteiger charge is -2.39. The van der Waals surface area contributed by atoms with E-state index in [1.807, 2.05) is 0 Å². The number of hydrogen-bond acceptors (Lipinski definition) is 15. The number of nitrogens with zero attached hydrogens (tertiary/aromatic N) is 1. The Bertz CT molecular complexity index is 1020. The molecule has 0 amide bonds. The molecule has 10 unspecified atom stereocenters. The van der Waals surface area contributed by atoms with Crippen LogP contribution in [-0.4, -0.2) is 121 Å². The highest BCUT2D eigenvalue weighted by atomic mass is 32.3. The molecule has 2 aliphatic rings. The first-order valence-corrected chi connectivity index (χ1v) is 13.2. The highest BCUT2D eigenvalue weighted by Gasteiger charge is 2.45. The van der Waals surface area contributed by atoms with Gasteiger partial charge in [0, 0.05) is 6.42 Å². The fraction of sp³-hybridized carbons (Fsp3) is 0.650. The summed E-state index contributed by atoms with van der Waals surface area (Å²) in [6.45, 7) is 0.827. The molecule has 3 rings (SSSR count). The molecule has 0 spiro atoms. The number of oxime groups is 1. The minimum absolute atomic E-state index is 0.125. The Morgan fingerprint density at radius 3 is 2.16 bits per heavy atom. The van der Waals surface area contributed by atoms with Gasteiger partial charge in [-0.1, -0.05) is 29.1 Å². The van der Waals surface area contributed by atoms with E-state index in [-0.39, 0.29) is 17.2 Å². The Balaban J connectivity index is 1.72. The van der Waals surface area contributed by atoms with Crippen molar-refractivity contribution in [3.63, 3.8) is 0 Å². The van der Waals surface area contributed by atoms with Gasteiger partial charge in [0.1, 0.15) is 59.0 Å². The molecule has 37 heavy (non-hydrogen) atoms. The second kappa shape index (κ2) is 12.5. The van der Waals surface area contributed by atoms with E-state index < -0.39 is 77.6 Å². The van der Waals surface area contributed by atoms with Crippen LogP contribution in [0.3, 0.4) is 0 Å². The van der Waals surface area contributed by atoms with E-state index in [0.29, 0.717) is 17.3 Å². The zero-order valence-corrected chi connectivity index (χ0v) is 20.9. The Hall–Kier alpha value is -1.61. The zero-order valence-electron chi connectivity index (χ0n) is 19.3. The maximum Gasteiger partial charge on any atom is 0.466 e. The number of benzene rings is 1. The van der Waals surface area contributed by atoms with E-state index in [9.17, 15) is 44.2 Å². The average molecular weight is 572 g/mol. The van der Waals surface area contributed by atoms with Gasteiger partial charge >= 0.3 is 10.4 Å². The predicted octanol–water partition coefficient (Wildman–Crippen LogP) is -2.90. The van der Waals surface area contributed by atoms with Crippen molar-refractivity contribution in [2.45, 2.75) is 73.9 Å². The van der Waals surface area contributed by atoms with Crippen molar-refractivity contribution in [2.24, 2.45) is 5.16 Å². The third-order valence-electron chi connectivity index (χ3n) is 5.67. The van der Waals surface area contributed by atoms with Gasteiger partial charge in [-0.25, -0.2) is 4.28 Å². The summed E-state index contributed by atoms with van der Waals surface area (Å²) in [5.41, 5.74) is -0.799. The molecule has 8 N–H and O–H groups in total. The molecule has 2 heterocycles. The Morgan fingerprint density at radius 1 is 0.946 bits per heavy atom.